The highest BCUT2D eigenvalue weighted by Gasteiger charge is 2.31. The van der Waals surface area contributed by atoms with Gasteiger partial charge in [0.05, 0.1) is 5.75 Å². The van der Waals surface area contributed by atoms with Crippen molar-refractivity contribution in [3.05, 3.63) is 35.4 Å². The Morgan fingerprint density at radius 3 is 2.67 bits per heavy atom. The van der Waals surface area contributed by atoms with Crippen LogP contribution < -0.4 is 4.72 Å². The van der Waals surface area contributed by atoms with Crippen LogP contribution in [-0.2, 0) is 21.2 Å². The average Bonchev–Trinajstić information content (AvgIpc) is 2.34. The fourth-order valence-electron chi connectivity index (χ4n) is 2.42. The lowest BCUT2D eigenvalue weighted by Gasteiger charge is -2.25. The Kier molecular flexibility index (Phi) is 4.68. The molecule has 0 aromatic heterocycles. The fraction of sp³-hybridized carbons (Fsp3) is 0.533. The molecule has 116 valence electrons. The molecule has 0 spiro atoms. The number of amides is 1. The zero-order chi connectivity index (χ0) is 15.7. The number of fused-ring (bicyclic) bond motifs is 1. The van der Waals surface area contributed by atoms with E-state index in [1.165, 1.54) is 11.8 Å². The summed E-state index contributed by atoms with van der Waals surface area (Å²) < 4.78 is 26.4. The second kappa shape index (κ2) is 6.01. The summed E-state index contributed by atoms with van der Waals surface area (Å²) in [5.74, 6) is 0.329. The lowest BCUT2D eigenvalue weighted by molar-refractivity contribution is -0.118. The lowest BCUT2D eigenvalue weighted by atomic mass is 10.0. The van der Waals surface area contributed by atoms with E-state index in [1.54, 1.807) is 0 Å². The number of carbonyl (C=O) groups excluding carboxylic acids is 1. The molecule has 1 unspecified atom stereocenters. The van der Waals surface area contributed by atoms with Crippen LogP contribution in [0.4, 0.5) is 0 Å². The number of carbonyl (C=O) groups is 1. The second-order valence-electron chi connectivity index (χ2n) is 6.49. The summed E-state index contributed by atoms with van der Waals surface area (Å²) in [5, 5.41) is -0.440. The van der Waals surface area contributed by atoms with Crippen LogP contribution in [0.5, 0.6) is 0 Å². The molecule has 1 aliphatic heterocycles. The number of hydrogen-bond donors (Lipinski definition) is 1. The molecular weight excluding hydrogens is 306 g/mol. The summed E-state index contributed by atoms with van der Waals surface area (Å²) in [7, 11) is -3.60. The van der Waals surface area contributed by atoms with Gasteiger partial charge < -0.3 is 0 Å². The number of benzene rings is 1. The first kappa shape index (κ1) is 16.4. The van der Waals surface area contributed by atoms with Crippen LogP contribution in [0.3, 0.4) is 0 Å². The summed E-state index contributed by atoms with van der Waals surface area (Å²) in [6.45, 7) is 5.50. The van der Waals surface area contributed by atoms with Crippen molar-refractivity contribution in [3.8, 4) is 0 Å². The van der Waals surface area contributed by atoms with Crippen LogP contribution in [0.2, 0.25) is 0 Å². The number of sulfonamides is 1. The topological polar surface area (TPSA) is 63.2 Å². The number of nitrogens with one attached hydrogen (secondary N) is 1. The van der Waals surface area contributed by atoms with Gasteiger partial charge in [-0.15, -0.1) is 11.8 Å². The molecular formula is C15H21NO3S2. The van der Waals surface area contributed by atoms with E-state index in [0.29, 0.717) is 0 Å². The molecule has 21 heavy (non-hydrogen) atoms. The summed E-state index contributed by atoms with van der Waals surface area (Å²) in [5.41, 5.74) is 1.67. The molecule has 1 N–H and O–H groups in total. The van der Waals surface area contributed by atoms with Crippen LogP contribution in [0, 0.1) is 5.41 Å². The molecule has 6 heteroatoms. The molecule has 1 amide bonds. The van der Waals surface area contributed by atoms with Gasteiger partial charge >= 0.3 is 0 Å². The number of rotatable bonds is 3. The zero-order valence-electron chi connectivity index (χ0n) is 12.5. The molecule has 1 aliphatic rings. The van der Waals surface area contributed by atoms with Crippen molar-refractivity contribution >= 4 is 27.7 Å². The molecule has 0 aliphatic carbocycles. The molecule has 0 saturated carbocycles. The summed E-state index contributed by atoms with van der Waals surface area (Å²) in [4.78, 5) is 12.4. The van der Waals surface area contributed by atoms with Gasteiger partial charge in [0.15, 0.2) is 0 Å². The maximum atomic E-state index is 12.4. The molecule has 4 nitrogen and oxygen atoms in total. The van der Waals surface area contributed by atoms with Gasteiger partial charge in [-0.3, -0.25) is 9.52 Å². The largest absolute Gasteiger partial charge is 0.272 e. The van der Waals surface area contributed by atoms with Crippen molar-refractivity contribution in [2.24, 2.45) is 5.41 Å². The first-order chi connectivity index (χ1) is 9.68. The van der Waals surface area contributed by atoms with Gasteiger partial charge in [-0.2, -0.15) is 0 Å². The Morgan fingerprint density at radius 2 is 2.00 bits per heavy atom. The summed E-state index contributed by atoms with van der Waals surface area (Å²) in [6, 6.07) is 7.73. The van der Waals surface area contributed by atoms with Crippen molar-refractivity contribution in [2.75, 3.05) is 11.5 Å². The van der Waals surface area contributed by atoms with Crippen molar-refractivity contribution in [2.45, 2.75) is 32.4 Å². The van der Waals surface area contributed by atoms with Gasteiger partial charge in [0.25, 0.3) is 5.91 Å². The third-order valence-corrected chi connectivity index (χ3v) is 6.11. The van der Waals surface area contributed by atoms with Crippen LogP contribution in [0.1, 0.15) is 37.1 Å². The standard InChI is InChI=1S/C15H21NO3S2/c1-15(2,3)10-21(18,19)16-14(17)13-12-7-5-4-6-11(12)8-9-20-13/h4-7,13H,8-10H2,1-3H3,(H,16,17). The van der Waals surface area contributed by atoms with Gasteiger partial charge in [0.1, 0.15) is 5.25 Å². The van der Waals surface area contributed by atoms with Gasteiger partial charge in [-0.25, -0.2) is 8.42 Å². The second-order valence-corrected chi connectivity index (χ2v) is 9.42. The minimum Gasteiger partial charge on any atom is -0.272 e. The van der Waals surface area contributed by atoms with Crippen molar-refractivity contribution in [1.82, 2.24) is 4.72 Å². The molecule has 1 atom stereocenters. The molecule has 0 saturated heterocycles. The maximum Gasteiger partial charge on any atom is 0.251 e. The van der Waals surface area contributed by atoms with E-state index in [0.717, 1.165) is 23.3 Å². The summed E-state index contributed by atoms with van der Waals surface area (Å²) in [6.07, 6.45) is 0.916. The van der Waals surface area contributed by atoms with Crippen LogP contribution in [0.25, 0.3) is 0 Å². The number of hydrogen-bond acceptors (Lipinski definition) is 4. The van der Waals surface area contributed by atoms with Crippen molar-refractivity contribution in [3.63, 3.8) is 0 Å². The third kappa shape index (κ3) is 4.48. The minimum atomic E-state index is -3.60. The smallest absolute Gasteiger partial charge is 0.251 e. The van der Waals surface area contributed by atoms with Gasteiger partial charge in [-0.05, 0) is 28.7 Å². The Labute approximate surface area is 130 Å². The maximum absolute atomic E-state index is 12.4. The van der Waals surface area contributed by atoms with Crippen LogP contribution >= 0.6 is 11.8 Å². The lowest BCUT2D eigenvalue weighted by Crippen LogP contribution is -2.39. The zero-order valence-corrected chi connectivity index (χ0v) is 14.2. The van der Waals surface area contributed by atoms with E-state index < -0.39 is 21.2 Å². The molecule has 1 heterocycles. The molecule has 0 radical (unpaired) electrons. The number of thioether (sulfide) groups is 1. The monoisotopic (exact) mass is 327 g/mol. The van der Waals surface area contributed by atoms with Crippen LogP contribution in [0.15, 0.2) is 24.3 Å². The van der Waals surface area contributed by atoms with E-state index in [-0.39, 0.29) is 11.2 Å². The van der Waals surface area contributed by atoms with E-state index in [9.17, 15) is 13.2 Å². The van der Waals surface area contributed by atoms with E-state index in [2.05, 4.69) is 4.72 Å². The molecule has 0 fully saturated rings. The van der Waals surface area contributed by atoms with E-state index >= 15 is 0 Å². The van der Waals surface area contributed by atoms with Gasteiger partial charge in [0.2, 0.25) is 10.0 Å². The summed E-state index contributed by atoms with van der Waals surface area (Å²) >= 11 is 1.50. The third-order valence-electron chi connectivity index (χ3n) is 3.11. The highest BCUT2D eigenvalue weighted by molar-refractivity contribution is 8.00. The Morgan fingerprint density at radius 1 is 1.33 bits per heavy atom. The molecule has 0 bridgehead atoms. The van der Waals surface area contributed by atoms with E-state index in [4.69, 9.17) is 0 Å². The minimum absolute atomic E-state index is 0.0647. The van der Waals surface area contributed by atoms with Crippen LogP contribution in [-0.4, -0.2) is 25.8 Å². The number of aryl methyl sites for hydroxylation is 1. The fourth-order valence-corrected chi connectivity index (χ4v) is 5.33. The average molecular weight is 327 g/mol. The first-order valence-electron chi connectivity index (χ1n) is 6.92. The van der Waals surface area contributed by atoms with Gasteiger partial charge in [0, 0.05) is 0 Å². The Hall–Kier alpha value is -1.01. The predicted octanol–water partition coefficient (Wildman–Crippen LogP) is 2.51. The van der Waals surface area contributed by atoms with E-state index in [1.807, 2.05) is 45.0 Å². The first-order valence-corrected chi connectivity index (χ1v) is 9.62. The molecule has 1 aromatic carbocycles. The van der Waals surface area contributed by atoms with Crippen molar-refractivity contribution < 1.29 is 13.2 Å². The SMILES string of the molecule is CC(C)(C)CS(=O)(=O)NC(=O)C1SCCc2ccccc21. The normalized spacial score (nSPS) is 18.9. The Bertz CT molecular complexity index is 633. The van der Waals surface area contributed by atoms with Crippen molar-refractivity contribution in [1.29, 1.82) is 0 Å². The molecule has 1 aromatic rings. The predicted molar refractivity (Wildman–Crippen MR) is 86.7 cm³/mol. The highest BCUT2D eigenvalue weighted by Crippen LogP contribution is 2.36. The highest BCUT2D eigenvalue weighted by atomic mass is 32.2. The quantitative estimate of drug-likeness (QED) is 0.926. The Balaban J connectivity index is 2.15. The van der Waals surface area contributed by atoms with Gasteiger partial charge in [-0.1, -0.05) is 45.0 Å². The molecule has 2 rings (SSSR count).